The quantitative estimate of drug-likeness (QED) is 0.404. The molecule has 12 heteroatoms. The average Bonchev–Trinajstić information content (AvgIpc) is 2.24. The van der Waals surface area contributed by atoms with Crippen molar-refractivity contribution in [2.75, 3.05) is 0 Å². The van der Waals surface area contributed by atoms with E-state index in [0.29, 0.717) is 0 Å². The van der Waals surface area contributed by atoms with E-state index in [-0.39, 0.29) is 59.1 Å². The fourth-order valence-corrected chi connectivity index (χ4v) is 2.16. The second-order valence-corrected chi connectivity index (χ2v) is 6.22. The van der Waals surface area contributed by atoms with E-state index in [9.17, 15) is 25.9 Å². The van der Waals surface area contributed by atoms with Gasteiger partial charge in [-0.3, -0.25) is 0 Å². The molecule has 0 heterocycles. The summed E-state index contributed by atoms with van der Waals surface area (Å²) in [5.74, 6) is 0. The number of aliphatic hydroxyl groups excluding tert-OH is 2. The van der Waals surface area contributed by atoms with Crippen LogP contribution >= 0.6 is 0 Å². The first-order valence-corrected chi connectivity index (χ1v) is 7.33. The molecule has 2 unspecified atom stereocenters. The molecular weight excluding hydrogens is 334 g/mol. The van der Waals surface area contributed by atoms with Crippen LogP contribution in [-0.2, 0) is 20.2 Å². The van der Waals surface area contributed by atoms with Crippen molar-refractivity contribution in [3.05, 3.63) is 35.4 Å². The smallest absolute Gasteiger partial charge is 0.746 e. The minimum Gasteiger partial charge on any atom is -0.746 e. The molecule has 1 aromatic carbocycles. The van der Waals surface area contributed by atoms with Crippen LogP contribution in [-0.4, -0.2) is 36.2 Å². The van der Waals surface area contributed by atoms with Gasteiger partial charge in [0.25, 0.3) is 0 Å². The van der Waals surface area contributed by atoms with Crippen molar-refractivity contribution >= 4 is 20.2 Å². The Labute approximate surface area is 160 Å². The molecule has 0 aliphatic rings. The van der Waals surface area contributed by atoms with E-state index in [1.807, 2.05) is 0 Å². The molecule has 20 heavy (non-hydrogen) atoms. The Morgan fingerprint density at radius 3 is 1.40 bits per heavy atom. The predicted molar refractivity (Wildman–Crippen MR) is 55.8 cm³/mol. The summed E-state index contributed by atoms with van der Waals surface area (Å²) in [7, 11) is -10.1. The molecule has 0 amide bonds. The zero-order valence-electron chi connectivity index (χ0n) is 10.6. The van der Waals surface area contributed by atoms with Gasteiger partial charge in [-0.05, 0) is 17.2 Å². The SMILES string of the molecule is O=S(=O)([O-])C(O)c1cccc(C(O)S(=O)(=O)[O-])c1.[Na+].[Na+]. The van der Waals surface area contributed by atoms with Crippen molar-refractivity contribution in [3.8, 4) is 0 Å². The molecule has 0 aliphatic heterocycles. The fourth-order valence-electron chi connectivity index (χ4n) is 1.20. The fraction of sp³-hybridized carbons (Fsp3) is 0.250. The molecule has 2 atom stereocenters. The van der Waals surface area contributed by atoms with E-state index in [4.69, 9.17) is 10.2 Å². The van der Waals surface area contributed by atoms with Gasteiger partial charge in [0.2, 0.25) is 0 Å². The number of hydrogen-bond donors (Lipinski definition) is 2. The molecule has 0 spiro atoms. The van der Waals surface area contributed by atoms with Gasteiger partial charge in [0.15, 0.2) is 10.9 Å². The average molecular weight is 342 g/mol. The maximum Gasteiger partial charge on any atom is 1.00 e. The van der Waals surface area contributed by atoms with Crippen LogP contribution < -0.4 is 59.1 Å². The van der Waals surface area contributed by atoms with Crippen LogP contribution in [0.2, 0.25) is 0 Å². The number of rotatable bonds is 4. The van der Waals surface area contributed by atoms with Gasteiger partial charge in [-0.1, -0.05) is 18.2 Å². The monoisotopic (exact) mass is 342 g/mol. The Bertz CT molecular complexity index is 589. The molecular formula is C8H8Na2O8S2. The van der Waals surface area contributed by atoms with Gasteiger partial charge in [0.05, 0.1) is 0 Å². The summed E-state index contributed by atoms with van der Waals surface area (Å²) >= 11 is 0. The third kappa shape index (κ3) is 6.38. The van der Waals surface area contributed by atoms with Gasteiger partial charge in [0, 0.05) is 0 Å². The first-order valence-electron chi connectivity index (χ1n) is 4.39. The van der Waals surface area contributed by atoms with Crippen molar-refractivity contribution in [1.29, 1.82) is 0 Å². The first-order chi connectivity index (χ1) is 8.03. The topological polar surface area (TPSA) is 155 Å². The van der Waals surface area contributed by atoms with Crippen LogP contribution in [0.25, 0.3) is 0 Å². The van der Waals surface area contributed by atoms with E-state index < -0.39 is 42.2 Å². The Morgan fingerprint density at radius 1 is 0.850 bits per heavy atom. The van der Waals surface area contributed by atoms with Gasteiger partial charge < -0.3 is 19.3 Å². The summed E-state index contributed by atoms with van der Waals surface area (Å²) in [5.41, 5.74) is -5.69. The van der Waals surface area contributed by atoms with Gasteiger partial charge in [-0.25, -0.2) is 16.8 Å². The van der Waals surface area contributed by atoms with Gasteiger partial charge in [-0.2, -0.15) is 0 Å². The van der Waals surface area contributed by atoms with Crippen LogP contribution in [0.4, 0.5) is 0 Å². The van der Waals surface area contributed by atoms with Crippen molar-refractivity contribution in [1.82, 2.24) is 0 Å². The zero-order chi connectivity index (χ0) is 14.1. The predicted octanol–water partition coefficient (Wildman–Crippen LogP) is -7.23. The maximum atomic E-state index is 10.6. The van der Waals surface area contributed by atoms with Crippen molar-refractivity contribution in [2.45, 2.75) is 10.9 Å². The van der Waals surface area contributed by atoms with Gasteiger partial charge in [0.1, 0.15) is 20.2 Å². The number of aliphatic hydroxyl groups is 2. The molecule has 102 valence electrons. The summed E-state index contributed by atoms with van der Waals surface area (Å²) < 4.78 is 63.4. The zero-order valence-corrected chi connectivity index (χ0v) is 16.3. The maximum absolute atomic E-state index is 10.6. The second kappa shape index (κ2) is 8.56. The van der Waals surface area contributed by atoms with Crippen LogP contribution in [0.5, 0.6) is 0 Å². The third-order valence-electron chi connectivity index (χ3n) is 2.03. The number of benzene rings is 1. The Balaban J connectivity index is 0. The molecule has 8 nitrogen and oxygen atoms in total. The van der Waals surface area contributed by atoms with E-state index in [2.05, 4.69) is 0 Å². The summed E-state index contributed by atoms with van der Waals surface area (Å²) in [6.45, 7) is 0. The standard InChI is InChI=1S/C8H10O8S2.2Na/c9-7(17(11,12)13)5-2-1-3-6(4-5)8(10)18(14,15)16;;/h1-4,7-10H,(H,11,12,13)(H,14,15,16);;/q;2*+1/p-2. The van der Waals surface area contributed by atoms with Crippen LogP contribution in [0.3, 0.4) is 0 Å². The molecule has 1 rings (SSSR count). The Kier molecular flexibility index (Phi) is 9.94. The molecule has 0 saturated carbocycles. The van der Waals surface area contributed by atoms with E-state index in [1.165, 1.54) is 0 Å². The molecule has 0 fully saturated rings. The minimum absolute atomic E-state index is 0. The van der Waals surface area contributed by atoms with Crippen molar-refractivity contribution in [2.24, 2.45) is 0 Å². The summed E-state index contributed by atoms with van der Waals surface area (Å²) in [6.07, 6.45) is 0. The summed E-state index contributed by atoms with van der Waals surface area (Å²) in [4.78, 5) is 0. The molecule has 0 radical (unpaired) electrons. The van der Waals surface area contributed by atoms with E-state index >= 15 is 0 Å². The van der Waals surface area contributed by atoms with Crippen LogP contribution in [0, 0.1) is 0 Å². The van der Waals surface area contributed by atoms with E-state index in [0.717, 1.165) is 24.3 Å². The Hall–Kier alpha value is 0.960. The first kappa shape index (κ1) is 23.2. The van der Waals surface area contributed by atoms with E-state index in [1.54, 1.807) is 0 Å². The van der Waals surface area contributed by atoms with Crippen molar-refractivity contribution < 1.29 is 95.3 Å². The minimum atomic E-state index is -5.04. The molecule has 0 bridgehead atoms. The normalized spacial score (nSPS) is 14.6. The van der Waals surface area contributed by atoms with Crippen molar-refractivity contribution in [3.63, 3.8) is 0 Å². The second-order valence-electron chi connectivity index (χ2n) is 3.36. The molecule has 0 aromatic heterocycles. The largest absolute Gasteiger partial charge is 1.00 e. The summed E-state index contributed by atoms with van der Waals surface area (Å²) in [6, 6.07) is 3.91. The van der Waals surface area contributed by atoms with Crippen LogP contribution in [0.1, 0.15) is 22.0 Å². The third-order valence-corrected chi connectivity index (χ3v) is 3.67. The number of hydrogen-bond acceptors (Lipinski definition) is 8. The molecule has 1 aromatic rings. The molecule has 0 aliphatic carbocycles. The van der Waals surface area contributed by atoms with Gasteiger partial charge in [-0.15, -0.1) is 0 Å². The molecule has 0 saturated heterocycles. The van der Waals surface area contributed by atoms with Crippen LogP contribution in [0.15, 0.2) is 24.3 Å². The summed E-state index contributed by atoms with van der Waals surface area (Å²) in [5, 5.41) is 18.3. The van der Waals surface area contributed by atoms with Gasteiger partial charge >= 0.3 is 59.1 Å². The Morgan fingerprint density at radius 2 is 1.15 bits per heavy atom. The molecule has 2 N–H and O–H groups in total.